The minimum Gasteiger partial charge on any atom is -0.404 e. The Hall–Kier alpha value is 0.137. The van der Waals surface area contributed by atoms with Gasteiger partial charge in [0.2, 0.25) is 0 Å². The molecule has 0 amide bonds. The molecular formula is C3H10O2Si. The number of aliphatic hydroxyl groups is 1. The molecule has 0 heterocycles. The molecule has 0 spiro atoms. The van der Waals surface area contributed by atoms with Crippen molar-refractivity contribution in [3.8, 4) is 0 Å². The molecule has 0 aromatic heterocycles. The zero-order valence-electron chi connectivity index (χ0n) is 4.14. The standard InChI is InChI=1S/C3H10O2Si/c1-2-3(4)5-6/h3-4H,2H2,1,6H3. The van der Waals surface area contributed by atoms with Gasteiger partial charge in [0.05, 0.1) is 0 Å². The third-order valence-electron chi connectivity index (χ3n) is 0.621. The zero-order valence-corrected chi connectivity index (χ0v) is 6.14. The van der Waals surface area contributed by atoms with Crippen LogP contribution in [0.15, 0.2) is 0 Å². The SMILES string of the molecule is CCC(O)O[SiH3]. The van der Waals surface area contributed by atoms with Crippen LogP contribution in [-0.2, 0) is 4.43 Å². The molecule has 2 nitrogen and oxygen atoms in total. The second kappa shape index (κ2) is 3.33. The van der Waals surface area contributed by atoms with Crippen LogP contribution in [-0.4, -0.2) is 21.9 Å². The fourth-order valence-corrected chi connectivity index (χ4v) is 0.500. The summed E-state index contributed by atoms with van der Waals surface area (Å²) in [6.45, 7) is 1.88. The smallest absolute Gasteiger partial charge is 0.149 e. The van der Waals surface area contributed by atoms with E-state index in [1.54, 1.807) is 0 Å². The summed E-state index contributed by atoms with van der Waals surface area (Å²) in [6.07, 6.45) is 0.195. The van der Waals surface area contributed by atoms with Crippen molar-refractivity contribution in [1.82, 2.24) is 0 Å². The van der Waals surface area contributed by atoms with Crippen LogP contribution in [0.4, 0.5) is 0 Å². The summed E-state index contributed by atoms with van der Waals surface area (Å²) in [5.74, 6) is 0. The highest BCUT2D eigenvalue weighted by atomic mass is 28.2. The van der Waals surface area contributed by atoms with Gasteiger partial charge in [-0.3, -0.25) is 0 Å². The van der Waals surface area contributed by atoms with Gasteiger partial charge < -0.3 is 9.53 Å². The molecule has 0 saturated heterocycles. The highest BCUT2D eigenvalue weighted by Gasteiger charge is 1.89. The van der Waals surface area contributed by atoms with Crippen LogP contribution in [0.25, 0.3) is 0 Å². The molecule has 0 aliphatic heterocycles. The highest BCUT2D eigenvalue weighted by molar-refractivity contribution is 5.98. The van der Waals surface area contributed by atoms with Crippen molar-refractivity contribution in [2.24, 2.45) is 0 Å². The van der Waals surface area contributed by atoms with Gasteiger partial charge in [-0.05, 0) is 6.42 Å². The molecule has 0 aliphatic carbocycles. The molecule has 0 radical (unpaired) electrons. The molecule has 1 atom stereocenters. The Morgan fingerprint density at radius 2 is 2.50 bits per heavy atom. The first-order chi connectivity index (χ1) is 2.81. The van der Waals surface area contributed by atoms with Crippen molar-refractivity contribution in [3.63, 3.8) is 0 Å². The van der Waals surface area contributed by atoms with Gasteiger partial charge in [0.15, 0.2) is 0 Å². The topological polar surface area (TPSA) is 29.5 Å². The van der Waals surface area contributed by atoms with Crippen LogP contribution >= 0.6 is 0 Å². The Labute approximate surface area is 40.7 Å². The van der Waals surface area contributed by atoms with Gasteiger partial charge in [-0.15, -0.1) is 0 Å². The van der Waals surface area contributed by atoms with E-state index in [2.05, 4.69) is 4.43 Å². The average Bonchev–Trinajstić information content (AvgIpc) is 1.65. The van der Waals surface area contributed by atoms with Crippen LogP contribution in [0.3, 0.4) is 0 Å². The predicted octanol–water partition coefficient (Wildman–Crippen LogP) is -0.988. The molecule has 0 bridgehead atoms. The number of hydrogen-bond acceptors (Lipinski definition) is 2. The Balaban J connectivity index is 2.75. The minimum absolute atomic E-state index is 0.503. The lowest BCUT2D eigenvalue weighted by molar-refractivity contribution is -0.0131. The second-order valence-corrected chi connectivity index (χ2v) is 1.57. The van der Waals surface area contributed by atoms with E-state index in [-0.39, 0.29) is 0 Å². The van der Waals surface area contributed by atoms with E-state index in [1.807, 2.05) is 6.92 Å². The van der Waals surface area contributed by atoms with E-state index in [4.69, 9.17) is 5.11 Å². The minimum atomic E-state index is -0.503. The molecule has 0 rings (SSSR count). The van der Waals surface area contributed by atoms with E-state index < -0.39 is 6.29 Å². The van der Waals surface area contributed by atoms with E-state index >= 15 is 0 Å². The van der Waals surface area contributed by atoms with Crippen molar-refractivity contribution in [2.45, 2.75) is 19.6 Å². The summed E-state index contributed by atoms with van der Waals surface area (Å²) in [7, 11) is 0.632. The fraction of sp³-hybridized carbons (Fsp3) is 1.00. The maximum absolute atomic E-state index is 8.48. The molecule has 0 saturated carbocycles. The number of hydrogen-bond donors (Lipinski definition) is 1. The van der Waals surface area contributed by atoms with E-state index in [9.17, 15) is 0 Å². The van der Waals surface area contributed by atoms with Gasteiger partial charge in [0.1, 0.15) is 16.8 Å². The van der Waals surface area contributed by atoms with Gasteiger partial charge >= 0.3 is 0 Å². The average molecular weight is 106 g/mol. The Bertz CT molecular complexity index is 28.0. The molecule has 0 aliphatic rings. The Morgan fingerprint density at radius 1 is 2.00 bits per heavy atom. The summed E-state index contributed by atoms with van der Waals surface area (Å²) in [5.41, 5.74) is 0. The summed E-state index contributed by atoms with van der Waals surface area (Å²) in [5, 5.41) is 8.48. The Kier molecular flexibility index (Phi) is 3.41. The van der Waals surface area contributed by atoms with Crippen LogP contribution in [0, 0.1) is 0 Å². The molecule has 1 unspecified atom stereocenters. The molecular weight excluding hydrogens is 96.1 g/mol. The molecule has 0 aromatic rings. The van der Waals surface area contributed by atoms with Crippen LogP contribution in [0.2, 0.25) is 0 Å². The third-order valence-corrected chi connectivity index (χ3v) is 1.17. The van der Waals surface area contributed by atoms with Crippen molar-refractivity contribution >= 4 is 10.5 Å². The lowest BCUT2D eigenvalue weighted by Gasteiger charge is -2.01. The van der Waals surface area contributed by atoms with Crippen molar-refractivity contribution in [3.05, 3.63) is 0 Å². The summed E-state index contributed by atoms with van der Waals surface area (Å²) >= 11 is 0. The van der Waals surface area contributed by atoms with E-state index in [1.165, 1.54) is 0 Å². The summed E-state index contributed by atoms with van der Waals surface area (Å²) in [4.78, 5) is 0. The first-order valence-corrected chi connectivity index (χ1v) is 2.83. The van der Waals surface area contributed by atoms with Gasteiger partial charge in [0.25, 0.3) is 0 Å². The largest absolute Gasteiger partial charge is 0.404 e. The van der Waals surface area contributed by atoms with Gasteiger partial charge in [-0.25, -0.2) is 0 Å². The van der Waals surface area contributed by atoms with E-state index in [0.29, 0.717) is 16.9 Å². The maximum atomic E-state index is 8.48. The van der Waals surface area contributed by atoms with Crippen LogP contribution < -0.4 is 0 Å². The molecule has 0 fully saturated rings. The molecule has 1 N–H and O–H groups in total. The van der Waals surface area contributed by atoms with Crippen LogP contribution in [0.1, 0.15) is 13.3 Å². The first-order valence-electron chi connectivity index (χ1n) is 2.02. The second-order valence-electron chi connectivity index (χ2n) is 1.10. The molecule has 38 valence electrons. The highest BCUT2D eigenvalue weighted by Crippen LogP contribution is 1.85. The van der Waals surface area contributed by atoms with Gasteiger partial charge in [-0.1, -0.05) is 6.92 Å². The normalized spacial score (nSPS) is 15.0. The molecule has 0 aromatic carbocycles. The summed E-state index contributed by atoms with van der Waals surface area (Å²) < 4.78 is 4.59. The van der Waals surface area contributed by atoms with Crippen molar-refractivity contribution in [2.75, 3.05) is 0 Å². The Morgan fingerprint density at radius 3 is 2.50 bits per heavy atom. The fourth-order valence-electron chi connectivity index (χ4n) is 0.167. The van der Waals surface area contributed by atoms with Gasteiger partial charge in [0, 0.05) is 0 Å². The van der Waals surface area contributed by atoms with Crippen molar-refractivity contribution < 1.29 is 9.53 Å². The molecule has 3 heteroatoms. The lowest BCUT2D eigenvalue weighted by Crippen LogP contribution is -2.06. The third kappa shape index (κ3) is 2.38. The van der Waals surface area contributed by atoms with E-state index in [0.717, 1.165) is 0 Å². The zero-order chi connectivity index (χ0) is 4.99. The lowest BCUT2D eigenvalue weighted by atomic mass is 10.5. The quantitative estimate of drug-likeness (QED) is 0.362. The monoisotopic (exact) mass is 106 g/mol. The number of aliphatic hydroxyl groups excluding tert-OH is 1. The predicted molar refractivity (Wildman–Crippen MR) is 27.3 cm³/mol. The maximum Gasteiger partial charge on any atom is 0.149 e. The summed E-state index contributed by atoms with van der Waals surface area (Å²) in [6, 6.07) is 0. The van der Waals surface area contributed by atoms with Gasteiger partial charge in [-0.2, -0.15) is 0 Å². The number of rotatable bonds is 2. The van der Waals surface area contributed by atoms with Crippen molar-refractivity contribution in [1.29, 1.82) is 0 Å². The molecule has 6 heavy (non-hydrogen) atoms. The van der Waals surface area contributed by atoms with Crippen LogP contribution in [0.5, 0.6) is 0 Å². The first kappa shape index (κ1) is 6.14.